The van der Waals surface area contributed by atoms with E-state index in [0.29, 0.717) is 0 Å². The highest BCUT2D eigenvalue weighted by Gasteiger charge is 2.15. The van der Waals surface area contributed by atoms with Crippen LogP contribution in [0.2, 0.25) is 0 Å². The maximum Gasteiger partial charge on any atom is 0.0683 e. The lowest BCUT2D eigenvalue weighted by Gasteiger charge is -2.16. The number of hydrogen-bond acceptors (Lipinski definition) is 2. The number of rotatable bonds is 8. The average molecular weight is 247 g/mol. The molecule has 1 N–H and O–H groups in total. The lowest BCUT2D eigenvalue weighted by atomic mass is 9.90. The summed E-state index contributed by atoms with van der Waals surface area (Å²) in [5.74, 6) is 0. The fraction of sp³-hybridized carbons (Fsp3) is 0.667. The molecule has 0 spiro atoms. The van der Waals surface area contributed by atoms with Gasteiger partial charge in [-0.2, -0.15) is 5.26 Å². The molecule has 0 saturated carbocycles. The Morgan fingerprint density at radius 1 is 1.44 bits per heavy atom. The number of aryl methyl sites for hydroxylation is 1. The fourth-order valence-corrected chi connectivity index (χ4v) is 1.97. The molecule has 0 fully saturated rings. The van der Waals surface area contributed by atoms with Gasteiger partial charge in [-0.05, 0) is 51.8 Å². The third kappa shape index (κ3) is 4.93. The van der Waals surface area contributed by atoms with Crippen molar-refractivity contribution < 1.29 is 0 Å². The van der Waals surface area contributed by atoms with E-state index >= 15 is 0 Å². The van der Waals surface area contributed by atoms with Crippen LogP contribution in [0.15, 0.2) is 18.3 Å². The van der Waals surface area contributed by atoms with Gasteiger partial charge in [-0.25, -0.2) is 0 Å². The van der Waals surface area contributed by atoms with Crippen molar-refractivity contribution in [2.45, 2.75) is 53.1 Å². The van der Waals surface area contributed by atoms with Gasteiger partial charge in [0.25, 0.3) is 0 Å². The molecule has 0 aliphatic rings. The topological polar surface area (TPSA) is 40.8 Å². The molecule has 0 saturated heterocycles. The van der Waals surface area contributed by atoms with Crippen LogP contribution in [0.4, 0.5) is 0 Å². The van der Waals surface area contributed by atoms with E-state index in [0.717, 1.165) is 38.9 Å². The second-order valence-electron chi connectivity index (χ2n) is 5.47. The molecule has 0 atom stereocenters. The van der Waals surface area contributed by atoms with Gasteiger partial charge in [0.05, 0.1) is 11.5 Å². The van der Waals surface area contributed by atoms with E-state index in [-0.39, 0.29) is 5.41 Å². The second kappa shape index (κ2) is 7.23. The molecule has 0 amide bonds. The third-order valence-corrected chi connectivity index (χ3v) is 3.16. The first-order chi connectivity index (χ1) is 8.59. The number of nitrogens with one attached hydrogen (secondary N) is 1. The van der Waals surface area contributed by atoms with E-state index in [4.69, 9.17) is 5.26 Å². The van der Waals surface area contributed by atoms with Crippen molar-refractivity contribution in [1.29, 1.82) is 5.26 Å². The van der Waals surface area contributed by atoms with Crippen molar-refractivity contribution in [2.75, 3.05) is 6.54 Å². The van der Waals surface area contributed by atoms with Gasteiger partial charge in [-0.3, -0.25) is 0 Å². The van der Waals surface area contributed by atoms with Crippen molar-refractivity contribution in [3.8, 4) is 6.07 Å². The summed E-state index contributed by atoms with van der Waals surface area (Å²) in [5, 5.41) is 12.4. The normalized spacial score (nSPS) is 11.4. The SMILES string of the molecule is CCCNCc1cccn1CCCC(C)(C)C#N. The highest BCUT2D eigenvalue weighted by atomic mass is 15.0. The highest BCUT2D eigenvalue weighted by molar-refractivity contribution is 5.07. The van der Waals surface area contributed by atoms with Crippen LogP contribution in [0.25, 0.3) is 0 Å². The summed E-state index contributed by atoms with van der Waals surface area (Å²) in [7, 11) is 0. The zero-order valence-corrected chi connectivity index (χ0v) is 11.9. The Morgan fingerprint density at radius 3 is 2.89 bits per heavy atom. The second-order valence-corrected chi connectivity index (χ2v) is 5.47. The van der Waals surface area contributed by atoms with Gasteiger partial charge in [0.15, 0.2) is 0 Å². The molecule has 0 aliphatic carbocycles. The fourth-order valence-electron chi connectivity index (χ4n) is 1.97. The molecule has 1 aromatic heterocycles. The predicted molar refractivity (Wildman–Crippen MR) is 75.1 cm³/mol. The monoisotopic (exact) mass is 247 g/mol. The third-order valence-electron chi connectivity index (χ3n) is 3.16. The Hall–Kier alpha value is -1.27. The van der Waals surface area contributed by atoms with Gasteiger partial charge in [0.1, 0.15) is 0 Å². The molecule has 0 bridgehead atoms. The summed E-state index contributed by atoms with van der Waals surface area (Å²) in [4.78, 5) is 0. The van der Waals surface area contributed by atoms with Crippen LogP contribution in [-0.2, 0) is 13.1 Å². The molecular weight excluding hydrogens is 222 g/mol. The van der Waals surface area contributed by atoms with Crippen LogP contribution in [-0.4, -0.2) is 11.1 Å². The lowest BCUT2D eigenvalue weighted by Crippen LogP contribution is -2.17. The minimum Gasteiger partial charge on any atom is -0.350 e. The summed E-state index contributed by atoms with van der Waals surface area (Å²) >= 11 is 0. The van der Waals surface area contributed by atoms with Gasteiger partial charge >= 0.3 is 0 Å². The first-order valence-electron chi connectivity index (χ1n) is 6.85. The number of hydrogen-bond donors (Lipinski definition) is 1. The zero-order chi connectivity index (χ0) is 13.4. The summed E-state index contributed by atoms with van der Waals surface area (Å²) < 4.78 is 2.29. The minimum atomic E-state index is -0.201. The Bertz CT molecular complexity index is 385. The molecule has 0 aromatic carbocycles. The van der Waals surface area contributed by atoms with Crippen molar-refractivity contribution in [3.63, 3.8) is 0 Å². The Morgan fingerprint density at radius 2 is 2.22 bits per heavy atom. The van der Waals surface area contributed by atoms with E-state index in [1.807, 2.05) is 13.8 Å². The molecule has 1 aromatic rings. The maximum absolute atomic E-state index is 8.98. The summed E-state index contributed by atoms with van der Waals surface area (Å²) in [5.41, 5.74) is 1.13. The van der Waals surface area contributed by atoms with E-state index in [1.165, 1.54) is 5.69 Å². The number of nitriles is 1. The van der Waals surface area contributed by atoms with Gasteiger partial charge < -0.3 is 9.88 Å². The molecule has 18 heavy (non-hydrogen) atoms. The van der Waals surface area contributed by atoms with Crippen molar-refractivity contribution >= 4 is 0 Å². The minimum absolute atomic E-state index is 0.201. The standard InChI is InChI=1S/C15H25N3/c1-4-9-17-12-14-7-5-10-18(14)11-6-8-15(2,3)13-16/h5,7,10,17H,4,6,8-9,11-12H2,1-3H3. The molecule has 0 radical (unpaired) electrons. The van der Waals surface area contributed by atoms with E-state index < -0.39 is 0 Å². The first-order valence-corrected chi connectivity index (χ1v) is 6.85. The summed E-state index contributed by atoms with van der Waals surface area (Å²) in [6, 6.07) is 6.62. The van der Waals surface area contributed by atoms with E-state index in [9.17, 15) is 0 Å². The quantitative estimate of drug-likeness (QED) is 0.716. The zero-order valence-electron chi connectivity index (χ0n) is 11.9. The first kappa shape index (κ1) is 14.8. The van der Waals surface area contributed by atoms with E-state index in [1.54, 1.807) is 0 Å². The summed E-state index contributed by atoms with van der Waals surface area (Å²) in [6.45, 7) is 9.19. The Kier molecular flexibility index (Phi) is 5.94. The largest absolute Gasteiger partial charge is 0.350 e. The lowest BCUT2D eigenvalue weighted by molar-refractivity contribution is 0.412. The molecule has 0 aliphatic heterocycles. The van der Waals surface area contributed by atoms with E-state index in [2.05, 4.69) is 41.2 Å². The predicted octanol–water partition coefficient (Wildman–Crippen LogP) is 3.32. The Balaban J connectivity index is 2.39. The van der Waals surface area contributed by atoms with Gasteiger partial charge in [-0.15, -0.1) is 0 Å². The number of nitrogens with zero attached hydrogens (tertiary/aromatic N) is 2. The smallest absolute Gasteiger partial charge is 0.0683 e. The molecule has 3 nitrogen and oxygen atoms in total. The summed E-state index contributed by atoms with van der Waals surface area (Å²) in [6.07, 6.45) is 5.29. The van der Waals surface area contributed by atoms with Crippen molar-refractivity contribution in [3.05, 3.63) is 24.0 Å². The van der Waals surface area contributed by atoms with Crippen molar-refractivity contribution in [2.24, 2.45) is 5.41 Å². The van der Waals surface area contributed by atoms with Crippen LogP contribution in [0.3, 0.4) is 0 Å². The van der Waals surface area contributed by atoms with Crippen LogP contribution >= 0.6 is 0 Å². The molecular formula is C15H25N3. The van der Waals surface area contributed by atoms with Gasteiger partial charge in [-0.1, -0.05) is 6.92 Å². The Labute approximate surface area is 111 Å². The number of aromatic nitrogens is 1. The molecule has 0 unspecified atom stereocenters. The van der Waals surface area contributed by atoms with Gasteiger partial charge in [0.2, 0.25) is 0 Å². The van der Waals surface area contributed by atoms with Crippen molar-refractivity contribution in [1.82, 2.24) is 9.88 Å². The molecule has 1 rings (SSSR count). The van der Waals surface area contributed by atoms with Crippen LogP contribution in [0.1, 0.15) is 45.7 Å². The molecule has 1 heterocycles. The van der Waals surface area contributed by atoms with Crippen LogP contribution in [0, 0.1) is 16.7 Å². The van der Waals surface area contributed by atoms with Crippen LogP contribution in [0.5, 0.6) is 0 Å². The van der Waals surface area contributed by atoms with Crippen LogP contribution < -0.4 is 5.32 Å². The molecule has 3 heteroatoms. The molecule has 100 valence electrons. The highest BCUT2D eigenvalue weighted by Crippen LogP contribution is 2.21. The average Bonchev–Trinajstić information content (AvgIpc) is 2.77. The van der Waals surface area contributed by atoms with Gasteiger partial charge in [0, 0.05) is 25.0 Å². The maximum atomic E-state index is 8.98.